The number of carbonyl (C=O) groups excluding carboxylic acids is 1. The zero-order valence-electron chi connectivity index (χ0n) is 13.2. The third-order valence-electron chi connectivity index (χ3n) is 3.42. The molecule has 0 unspecified atom stereocenters. The summed E-state index contributed by atoms with van der Waals surface area (Å²) < 4.78 is 5.51. The molecule has 1 N–H and O–H groups in total. The van der Waals surface area contributed by atoms with Crippen LogP contribution in [0.25, 0.3) is 0 Å². The Labute approximate surface area is 126 Å². The summed E-state index contributed by atoms with van der Waals surface area (Å²) in [5.74, 6) is 0.702. The molecule has 116 valence electrons. The maximum Gasteiger partial charge on any atom is 0.260 e. The fraction of sp³-hybridized carbons (Fsp3) is 0.625. The average Bonchev–Trinajstić information content (AvgIpc) is 2.97. The number of rotatable bonds is 5. The second-order valence-electron chi connectivity index (χ2n) is 6.47. The minimum atomic E-state index is 0.0611. The second-order valence-corrected chi connectivity index (χ2v) is 6.47. The van der Waals surface area contributed by atoms with Gasteiger partial charge in [0.15, 0.2) is 6.61 Å². The van der Waals surface area contributed by atoms with Crippen molar-refractivity contribution in [1.29, 1.82) is 0 Å². The van der Waals surface area contributed by atoms with Crippen molar-refractivity contribution in [3.63, 3.8) is 0 Å². The van der Waals surface area contributed by atoms with Crippen LogP contribution in [0.4, 0.5) is 0 Å². The topological polar surface area (TPSA) is 54.5 Å². The number of likely N-dealkylation sites (tertiary alicyclic amines) is 1. The largest absolute Gasteiger partial charge is 0.482 e. The van der Waals surface area contributed by atoms with Gasteiger partial charge in [-0.15, -0.1) is 0 Å². The second kappa shape index (κ2) is 6.89. The van der Waals surface area contributed by atoms with Crippen LogP contribution in [-0.2, 0) is 11.3 Å². The predicted octanol–water partition coefficient (Wildman–Crippen LogP) is 1.97. The zero-order chi connectivity index (χ0) is 15.3. The SMILES string of the molecule is CC(C)(C)NCc1ccc(OCC(=O)N2CCCC2)cn1. The minimum Gasteiger partial charge on any atom is -0.482 e. The molecule has 1 aromatic heterocycles. The third-order valence-corrected chi connectivity index (χ3v) is 3.42. The molecular weight excluding hydrogens is 266 g/mol. The number of pyridine rings is 1. The molecule has 1 saturated heterocycles. The molecule has 0 aliphatic carbocycles. The van der Waals surface area contributed by atoms with Crippen molar-refractivity contribution in [1.82, 2.24) is 15.2 Å². The predicted molar refractivity (Wildman–Crippen MR) is 82.1 cm³/mol. The van der Waals surface area contributed by atoms with Crippen molar-refractivity contribution in [2.24, 2.45) is 0 Å². The van der Waals surface area contributed by atoms with Crippen molar-refractivity contribution in [2.45, 2.75) is 45.7 Å². The van der Waals surface area contributed by atoms with E-state index >= 15 is 0 Å². The van der Waals surface area contributed by atoms with E-state index in [0.717, 1.165) is 38.2 Å². The van der Waals surface area contributed by atoms with Gasteiger partial charge in [-0.3, -0.25) is 9.78 Å². The number of hydrogen-bond donors (Lipinski definition) is 1. The normalized spacial score (nSPS) is 15.3. The van der Waals surface area contributed by atoms with Gasteiger partial charge in [0.2, 0.25) is 0 Å². The third kappa shape index (κ3) is 5.34. The Hall–Kier alpha value is -1.62. The molecule has 5 nitrogen and oxygen atoms in total. The van der Waals surface area contributed by atoms with Crippen LogP contribution in [0.1, 0.15) is 39.3 Å². The standard InChI is InChI=1S/C16H25N3O2/c1-16(2,3)18-10-13-6-7-14(11-17-13)21-12-15(20)19-8-4-5-9-19/h6-7,11,18H,4-5,8-10,12H2,1-3H3. The summed E-state index contributed by atoms with van der Waals surface area (Å²) in [6.07, 6.45) is 3.88. The van der Waals surface area contributed by atoms with Crippen molar-refractivity contribution in [3.05, 3.63) is 24.0 Å². The van der Waals surface area contributed by atoms with Gasteiger partial charge in [0.05, 0.1) is 11.9 Å². The Morgan fingerprint density at radius 2 is 2.05 bits per heavy atom. The van der Waals surface area contributed by atoms with Crippen LogP contribution in [0, 0.1) is 0 Å². The Morgan fingerprint density at radius 3 is 2.62 bits per heavy atom. The lowest BCUT2D eigenvalue weighted by Crippen LogP contribution is -2.35. The van der Waals surface area contributed by atoms with E-state index in [4.69, 9.17) is 4.74 Å². The lowest BCUT2D eigenvalue weighted by molar-refractivity contribution is -0.132. The van der Waals surface area contributed by atoms with Gasteiger partial charge in [-0.25, -0.2) is 0 Å². The van der Waals surface area contributed by atoms with Gasteiger partial charge < -0.3 is 15.0 Å². The molecule has 0 atom stereocenters. The van der Waals surface area contributed by atoms with Crippen molar-refractivity contribution < 1.29 is 9.53 Å². The Balaban J connectivity index is 1.78. The lowest BCUT2D eigenvalue weighted by atomic mass is 10.1. The van der Waals surface area contributed by atoms with E-state index in [1.54, 1.807) is 6.20 Å². The maximum absolute atomic E-state index is 11.9. The minimum absolute atomic E-state index is 0.0611. The van der Waals surface area contributed by atoms with E-state index in [9.17, 15) is 4.79 Å². The highest BCUT2D eigenvalue weighted by Gasteiger charge is 2.18. The van der Waals surface area contributed by atoms with Gasteiger partial charge in [0.25, 0.3) is 5.91 Å². The van der Waals surface area contributed by atoms with E-state index in [1.807, 2.05) is 17.0 Å². The number of nitrogens with zero attached hydrogens (tertiary/aromatic N) is 2. The molecule has 0 radical (unpaired) electrons. The molecule has 1 amide bonds. The summed E-state index contributed by atoms with van der Waals surface area (Å²) in [6, 6.07) is 3.79. The molecule has 2 heterocycles. The van der Waals surface area contributed by atoms with E-state index in [2.05, 4.69) is 31.1 Å². The molecule has 1 aliphatic rings. The highest BCUT2D eigenvalue weighted by atomic mass is 16.5. The Kier molecular flexibility index (Phi) is 5.17. The smallest absolute Gasteiger partial charge is 0.260 e. The summed E-state index contributed by atoms with van der Waals surface area (Å²) in [5, 5.41) is 3.38. The van der Waals surface area contributed by atoms with Crippen LogP contribution in [-0.4, -0.2) is 41.0 Å². The summed E-state index contributed by atoms with van der Waals surface area (Å²) in [4.78, 5) is 18.1. The van der Waals surface area contributed by atoms with Crippen LogP contribution in [0.3, 0.4) is 0 Å². The van der Waals surface area contributed by atoms with Gasteiger partial charge in [-0.1, -0.05) is 0 Å². The quantitative estimate of drug-likeness (QED) is 0.901. The lowest BCUT2D eigenvalue weighted by Gasteiger charge is -2.20. The molecular formula is C16H25N3O2. The molecule has 2 rings (SSSR count). The first-order chi connectivity index (χ1) is 9.94. The number of carbonyl (C=O) groups is 1. The highest BCUT2D eigenvalue weighted by molar-refractivity contribution is 5.77. The van der Waals surface area contributed by atoms with E-state index in [1.165, 1.54) is 0 Å². The molecule has 1 aromatic rings. The molecule has 5 heteroatoms. The molecule has 0 spiro atoms. The number of hydrogen-bond acceptors (Lipinski definition) is 4. The van der Waals surface area contributed by atoms with Crippen LogP contribution in [0.2, 0.25) is 0 Å². The molecule has 21 heavy (non-hydrogen) atoms. The summed E-state index contributed by atoms with van der Waals surface area (Å²) in [7, 11) is 0. The van der Waals surface area contributed by atoms with Crippen LogP contribution >= 0.6 is 0 Å². The summed E-state index contributed by atoms with van der Waals surface area (Å²) in [5.41, 5.74) is 1.03. The Bertz CT molecular complexity index is 459. The van der Waals surface area contributed by atoms with Crippen molar-refractivity contribution in [2.75, 3.05) is 19.7 Å². The van der Waals surface area contributed by atoms with Crippen molar-refractivity contribution >= 4 is 5.91 Å². The van der Waals surface area contributed by atoms with Crippen LogP contribution < -0.4 is 10.1 Å². The zero-order valence-corrected chi connectivity index (χ0v) is 13.2. The Morgan fingerprint density at radius 1 is 1.33 bits per heavy atom. The van der Waals surface area contributed by atoms with Gasteiger partial charge in [-0.2, -0.15) is 0 Å². The van der Waals surface area contributed by atoms with Crippen molar-refractivity contribution in [3.8, 4) is 5.75 Å². The van der Waals surface area contributed by atoms with E-state index in [-0.39, 0.29) is 18.1 Å². The fourth-order valence-electron chi connectivity index (χ4n) is 2.16. The van der Waals surface area contributed by atoms with Gasteiger partial charge in [0, 0.05) is 25.2 Å². The molecule has 0 bridgehead atoms. The molecule has 1 fully saturated rings. The number of nitrogens with one attached hydrogen (secondary N) is 1. The molecule has 1 aliphatic heterocycles. The van der Waals surface area contributed by atoms with Gasteiger partial charge >= 0.3 is 0 Å². The van der Waals surface area contributed by atoms with Crippen LogP contribution in [0.15, 0.2) is 18.3 Å². The van der Waals surface area contributed by atoms with Crippen LogP contribution in [0.5, 0.6) is 5.75 Å². The van der Waals surface area contributed by atoms with Gasteiger partial charge in [0.1, 0.15) is 5.75 Å². The molecule has 0 aromatic carbocycles. The first-order valence-electron chi connectivity index (χ1n) is 7.54. The number of ether oxygens (including phenoxy) is 1. The summed E-state index contributed by atoms with van der Waals surface area (Å²) in [6.45, 7) is 8.89. The first kappa shape index (κ1) is 15.8. The number of amides is 1. The maximum atomic E-state index is 11.9. The number of aromatic nitrogens is 1. The fourth-order valence-corrected chi connectivity index (χ4v) is 2.16. The average molecular weight is 291 g/mol. The van der Waals surface area contributed by atoms with E-state index in [0.29, 0.717) is 5.75 Å². The van der Waals surface area contributed by atoms with Gasteiger partial charge in [-0.05, 0) is 45.7 Å². The first-order valence-corrected chi connectivity index (χ1v) is 7.54. The van der Waals surface area contributed by atoms with E-state index < -0.39 is 0 Å². The summed E-state index contributed by atoms with van der Waals surface area (Å²) >= 11 is 0. The highest BCUT2D eigenvalue weighted by Crippen LogP contribution is 2.12. The molecule has 0 saturated carbocycles. The monoisotopic (exact) mass is 291 g/mol.